The molecule has 1 N–H and O–H groups in total. The minimum Gasteiger partial charge on any atom is -0.493 e. The number of benzene rings is 2. The topological polar surface area (TPSA) is 85.7 Å². The van der Waals surface area contributed by atoms with E-state index < -0.39 is 0 Å². The van der Waals surface area contributed by atoms with Crippen LogP contribution in [-0.4, -0.2) is 47.0 Å². The number of ether oxygens (including phenoxy) is 2. The van der Waals surface area contributed by atoms with Crippen LogP contribution in [0.2, 0.25) is 0 Å². The molecular weight excluding hydrogens is 396 g/mol. The van der Waals surface area contributed by atoms with Gasteiger partial charge in [0.25, 0.3) is 0 Å². The molecule has 1 aliphatic heterocycles. The van der Waals surface area contributed by atoms with Gasteiger partial charge in [0.1, 0.15) is 12.4 Å². The Balaban J connectivity index is 1.43. The Morgan fingerprint density at radius 2 is 1.90 bits per heavy atom. The number of carbonyl (C=O) groups excluding carboxylic acids is 2. The van der Waals surface area contributed by atoms with E-state index in [4.69, 9.17) is 9.47 Å². The summed E-state index contributed by atoms with van der Waals surface area (Å²) < 4.78 is 12.6. The van der Waals surface area contributed by atoms with Gasteiger partial charge in [-0.15, -0.1) is 0 Å². The quantitative estimate of drug-likeness (QED) is 0.661. The van der Waals surface area contributed by atoms with Gasteiger partial charge in [-0.3, -0.25) is 9.59 Å². The van der Waals surface area contributed by atoms with Crippen molar-refractivity contribution in [2.45, 2.75) is 13.0 Å². The fraction of sp³-hybridized carbons (Fsp3) is 0.261. The van der Waals surface area contributed by atoms with E-state index in [0.29, 0.717) is 11.5 Å². The molecule has 0 aliphatic carbocycles. The molecule has 0 atom stereocenters. The van der Waals surface area contributed by atoms with Gasteiger partial charge in [-0.05, 0) is 41.5 Å². The van der Waals surface area contributed by atoms with Gasteiger partial charge in [-0.1, -0.05) is 12.1 Å². The van der Waals surface area contributed by atoms with E-state index in [1.807, 2.05) is 41.9 Å². The smallest absolute Gasteiger partial charge is 0.240 e. The zero-order valence-electron chi connectivity index (χ0n) is 17.7. The summed E-state index contributed by atoms with van der Waals surface area (Å²) in [6, 6.07) is 11.4. The summed E-state index contributed by atoms with van der Waals surface area (Å²) in [5.41, 5.74) is 3.56. The summed E-state index contributed by atoms with van der Waals surface area (Å²) in [6.45, 7) is 0.214. The van der Waals surface area contributed by atoms with Crippen LogP contribution in [0, 0.1) is 0 Å². The van der Waals surface area contributed by atoms with Crippen LogP contribution in [0.3, 0.4) is 0 Å². The fourth-order valence-electron chi connectivity index (χ4n) is 3.65. The van der Waals surface area contributed by atoms with Crippen molar-refractivity contribution in [2.24, 2.45) is 7.05 Å². The second kappa shape index (κ2) is 8.51. The third-order valence-corrected chi connectivity index (χ3v) is 5.38. The number of aromatic nitrogens is 2. The second-order valence-electron chi connectivity index (χ2n) is 7.27. The van der Waals surface area contributed by atoms with Crippen molar-refractivity contribution in [3.05, 3.63) is 59.5 Å². The van der Waals surface area contributed by atoms with Crippen LogP contribution >= 0.6 is 0 Å². The van der Waals surface area contributed by atoms with Gasteiger partial charge in [0, 0.05) is 13.2 Å². The molecule has 8 nitrogen and oxygen atoms in total. The highest BCUT2D eigenvalue weighted by molar-refractivity contribution is 5.89. The third-order valence-electron chi connectivity index (χ3n) is 5.38. The number of fused-ring (bicyclic) bond motifs is 2. The van der Waals surface area contributed by atoms with Crippen LogP contribution in [0.25, 0.3) is 17.1 Å². The minimum absolute atomic E-state index is 0.0679. The first-order chi connectivity index (χ1) is 15.0. The Bertz CT molecular complexity index is 1180. The van der Waals surface area contributed by atoms with Crippen LogP contribution in [0.1, 0.15) is 17.0 Å². The lowest BCUT2D eigenvalue weighted by atomic mass is 10.0. The van der Waals surface area contributed by atoms with Gasteiger partial charge in [-0.25, -0.2) is 4.98 Å². The first-order valence-electron chi connectivity index (χ1n) is 9.89. The molecule has 3 aromatic rings. The zero-order valence-corrected chi connectivity index (χ0v) is 17.7. The van der Waals surface area contributed by atoms with E-state index >= 15 is 0 Å². The third kappa shape index (κ3) is 4.09. The number of carbonyl (C=O) groups is 2. The number of hydrogen-bond acceptors (Lipinski definition) is 5. The number of aryl methyl sites for hydroxylation is 1. The van der Waals surface area contributed by atoms with Crippen LogP contribution in [-0.2, 0) is 29.6 Å². The number of rotatable bonds is 6. The maximum absolute atomic E-state index is 12.7. The Labute approximate surface area is 180 Å². The summed E-state index contributed by atoms with van der Waals surface area (Å²) in [5.74, 6) is 1.48. The maximum atomic E-state index is 12.7. The van der Waals surface area contributed by atoms with Gasteiger partial charge in [-0.2, -0.15) is 0 Å². The van der Waals surface area contributed by atoms with Gasteiger partial charge < -0.3 is 24.3 Å². The Kier molecular flexibility index (Phi) is 5.62. The number of nitrogens with zero attached hydrogens (tertiary/aromatic N) is 3. The Morgan fingerprint density at radius 3 is 2.65 bits per heavy atom. The highest BCUT2D eigenvalue weighted by atomic mass is 16.5. The van der Waals surface area contributed by atoms with Gasteiger partial charge >= 0.3 is 0 Å². The molecule has 0 bridgehead atoms. The van der Waals surface area contributed by atoms with Crippen LogP contribution in [0.5, 0.6) is 11.5 Å². The molecule has 2 heterocycles. The van der Waals surface area contributed by atoms with Crippen LogP contribution < -0.4 is 14.8 Å². The molecule has 4 rings (SSSR count). The summed E-state index contributed by atoms with van der Waals surface area (Å²) in [5, 5.41) is 2.86. The van der Waals surface area contributed by atoms with E-state index in [1.54, 1.807) is 32.6 Å². The van der Waals surface area contributed by atoms with E-state index in [2.05, 4.69) is 10.3 Å². The largest absolute Gasteiger partial charge is 0.493 e. The van der Waals surface area contributed by atoms with E-state index in [-0.39, 0.29) is 31.3 Å². The standard InChI is InChI=1S/C23H24N4O4/c1-26-18-7-5-4-6-17(18)25-21(26)13-24-22(28)14-27-9-8-15-10-19(30-2)20(31-3)11-16(15)12-23(27)29/h4-11H,12-14H2,1-3H3,(H,24,28). The van der Waals surface area contributed by atoms with Gasteiger partial charge in [0.2, 0.25) is 11.8 Å². The molecule has 160 valence electrons. The van der Waals surface area contributed by atoms with Crippen molar-refractivity contribution in [3.8, 4) is 11.5 Å². The van der Waals surface area contributed by atoms with Gasteiger partial charge in [0.15, 0.2) is 11.5 Å². The molecule has 31 heavy (non-hydrogen) atoms. The normalized spacial score (nSPS) is 13.1. The van der Waals surface area contributed by atoms with Crippen molar-refractivity contribution < 1.29 is 19.1 Å². The van der Waals surface area contributed by atoms with Crippen molar-refractivity contribution in [2.75, 3.05) is 20.8 Å². The number of para-hydroxylation sites is 2. The first kappa shape index (κ1) is 20.5. The molecule has 0 fully saturated rings. The molecular formula is C23H24N4O4. The molecule has 0 spiro atoms. The molecule has 1 aromatic heterocycles. The monoisotopic (exact) mass is 420 g/mol. The van der Waals surface area contributed by atoms with Crippen LogP contribution in [0.15, 0.2) is 42.6 Å². The van der Waals surface area contributed by atoms with Crippen LogP contribution in [0.4, 0.5) is 0 Å². The molecule has 1 aliphatic rings. The molecule has 2 aromatic carbocycles. The van der Waals surface area contributed by atoms with E-state index in [9.17, 15) is 9.59 Å². The molecule has 0 saturated carbocycles. The van der Waals surface area contributed by atoms with Crippen molar-refractivity contribution in [1.82, 2.24) is 19.8 Å². The predicted molar refractivity (Wildman–Crippen MR) is 117 cm³/mol. The lowest BCUT2D eigenvalue weighted by molar-refractivity contribution is -0.132. The summed E-state index contributed by atoms with van der Waals surface area (Å²) in [7, 11) is 5.04. The second-order valence-corrected chi connectivity index (χ2v) is 7.27. The number of imidazole rings is 1. The zero-order chi connectivity index (χ0) is 22.0. The number of nitrogens with one attached hydrogen (secondary N) is 1. The summed E-state index contributed by atoms with van der Waals surface area (Å²) in [6.07, 6.45) is 3.61. The fourth-order valence-corrected chi connectivity index (χ4v) is 3.65. The lowest BCUT2D eigenvalue weighted by Crippen LogP contribution is -2.38. The summed E-state index contributed by atoms with van der Waals surface area (Å²) in [4.78, 5) is 31.2. The predicted octanol–water partition coefficient (Wildman–Crippen LogP) is 2.26. The highest BCUT2D eigenvalue weighted by Gasteiger charge is 2.21. The molecule has 0 radical (unpaired) electrons. The number of hydrogen-bond donors (Lipinski definition) is 1. The van der Waals surface area contributed by atoms with Crippen molar-refractivity contribution in [1.29, 1.82) is 0 Å². The van der Waals surface area contributed by atoms with E-state index in [1.165, 1.54) is 4.90 Å². The number of methoxy groups -OCH3 is 2. The van der Waals surface area contributed by atoms with Crippen molar-refractivity contribution in [3.63, 3.8) is 0 Å². The SMILES string of the molecule is COc1cc2c(cc1OC)CC(=O)N(CC(=O)NCc1nc3ccccc3n1C)C=C2. The number of amides is 2. The molecule has 0 unspecified atom stereocenters. The highest BCUT2D eigenvalue weighted by Crippen LogP contribution is 2.32. The summed E-state index contributed by atoms with van der Waals surface area (Å²) >= 11 is 0. The average molecular weight is 420 g/mol. The maximum Gasteiger partial charge on any atom is 0.240 e. The first-order valence-corrected chi connectivity index (χ1v) is 9.89. The molecule has 8 heteroatoms. The molecule has 0 saturated heterocycles. The lowest BCUT2D eigenvalue weighted by Gasteiger charge is -2.17. The Morgan fingerprint density at radius 1 is 1.16 bits per heavy atom. The average Bonchev–Trinajstić information content (AvgIpc) is 3.02. The van der Waals surface area contributed by atoms with Gasteiger partial charge in [0.05, 0.1) is 38.2 Å². The van der Waals surface area contributed by atoms with Crippen molar-refractivity contribution >= 4 is 28.9 Å². The molecule has 2 amide bonds. The minimum atomic E-state index is -0.258. The Hall–Kier alpha value is -3.81. The van der Waals surface area contributed by atoms with E-state index in [0.717, 1.165) is 28.0 Å².